The summed E-state index contributed by atoms with van der Waals surface area (Å²) >= 11 is 6.94. The zero-order valence-corrected chi connectivity index (χ0v) is 23.3. The van der Waals surface area contributed by atoms with Gasteiger partial charge in [-0.25, -0.2) is 4.68 Å². The van der Waals surface area contributed by atoms with Crippen LogP contribution in [0.3, 0.4) is 0 Å². The molecule has 1 fully saturated rings. The number of rotatable bonds is 8. The lowest BCUT2D eigenvalue weighted by atomic mass is 10.0. The van der Waals surface area contributed by atoms with Gasteiger partial charge < -0.3 is 4.74 Å². The minimum atomic E-state index is -0.0632. The molecule has 0 unspecified atom stereocenters. The second-order valence-electron chi connectivity index (χ2n) is 9.43. The average Bonchev–Trinajstić information content (AvgIpc) is 3.44. The van der Waals surface area contributed by atoms with Crippen LogP contribution in [-0.4, -0.2) is 37.6 Å². The molecule has 1 aliphatic heterocycles. The van der Waals surface area contributed by atoms with Gasteiger partial charge in [0.15, 0.2) is 0 Å². The lowest BCUT2D eigenvalue weighted by Gasteiger charge is -2.14. The molecule has 1 aromatic heterocycles. The van der Waals surface area contributed by atoms with Crippen LogP contribution in [0.5, 0.6) is 5.75 Å². The van der Waals surface area contributed by atoms with Gasteiger partial charge in [0.05, 0.1) is 16.7 Å². The van der Waals surface area contributed by atoms with Gasteiger partial charge in [0.25, 0.3) is 5.91 Å². The third-order valence-corrected chi connectivity index (χ3v) is 7.59. The first-order valence-electron chi connectivity index (χ1n) is 12.6. The first kappa shape index (κ1) is 25.9. The van der Waals surface area contributed by atoms with E-state index in [1.165, 1.54) is 17.3 Å². The fourth-order valence-corrected chi connectivity index (χ4v) is 5.68. The van der Waals surface area contributed by atoms with Crippen molar-refractivity contribution in [1.82, 2.24) is 14.7 Å². The summed E-state index contributed by atoms with van der Waals surface area (Å²) in [5, 5.41) is 4.95. The van der Waals surface area contributed by atoms with E-state index in [2.05, 4.69) is 19.1 Å². The fraction of sp³-hybridized carbons (Fsp3) is 0.194. The van der Waals surface area contributed by atoms with Crippen molar-refractivity contribution in [3.8, 4) is 22.7 Å². The minimum absolute atomic E-state index is 0.0632. The number of para-hydroxylation sites is 1. The van der Waals surface area contributed by atoms with Crippen molar-refractivity contribution >= 4 is 40.3 Å². The smallest absolute Gasteiger partial charge is 0.266 e. The number of nitrogens with zero attached hydrogens (tertiary/aromatic N) is 3. The molecule has 38 heavy (non-hydrogen) atoms. The first-order chi connectivity index (χ1) is 18.4. The van der Waals surface area contributed by atoms with Crippen molar-refractivity contribution in [2.45, 2.75) is 33.3 Å². The van der Waals surface area contributed by atoms with Gasteiger partial charge in [-0.3, -0.25) is 9.69 Å². The van der Waals surface area contributed by atoms with E-state index in [1.807, 2.05) is 97.5 Å². The molecule has 4 aromatic rings. The van der Waals surface area contributed by atoms with E-state index in [-0.39, 0.29) is 12.0 Å². The highest BCUT2D eigenvalue weighted by Gasteiger charge is 2.32. The first-order valence-corrected chi connectivity index (χ1v) is 13.8. The number of aryl methyl sites for hydroxylation is 1. The number of thioether (sulfide) groups is 1. The Morgan fingerprint density at radius 2 is 1.74 bits per heavy atom. The molecule has 0 radical (unpaired) electrons. The summed E-state index contributed by atoms with van der Waals surface area (Å²) < 4.78 is 8.33. The Balaban J connectivity index is 1.49. The largest absolute Gasteiger partial charge is 0.491 e. The van der Waals surface area contributed by atoms with Gasteiger partial charge in [-0.15, -0.1) is 0 Å². The SMILES string of the molecule is Cc1cc(OC(C)C)ccc1-c1nn(-c2ccccc2)cc1/C=C1\SC(=S)N(CCc2ccccc2)C1=O. The summed E-state index contributed by atoms with van der Waals surface area (Å²) in [5.74, 6) is 0.760. The maximum atomic E-state index is 13.4. The summed E-state index contributed by atoms with van der Waals surface area (Å²) in [6.07, 6.45) is 4.74. The van der Waals surface area contributed by atoms with E-state index in [9.17, 15) is 4.79 Å². The molecule has 192 valence electrons. The van der Waals surface area contributed by atoms with Crippen LogP contribution >= 0.6 is 24.0 Å². The molecular formula is C31H29N3O2S2. The van der Waals surface area contributed by atoms with Crippen LogP contribution < -0.4 is 4.74 Å². The van der Waals surface area contributed by atoms with Crippen LogP contribution in [0.2, 0.25) is 0 Å². The molecule has 0 spiro atoms. The molecule has 0 aliphatic carbocycles. The number of carbonyl (C=O) groups is 1. The average molecular weight is 540 g/mol. The molecule has 7 heteroatoms. The quantitative estimate of drug-likeness (QED) is 0.177. The number of hydrogen-bond donors (Lipinski definition) is 0. The third kappa shape index (κ3) is 5.74. The highest BCUT2D eigenvalue weighted by molar-refractivity contribution is 8.26. The zero-order chi connectivity index (χ0) is 26.6. The van der Waals surface area contributed by atoms with Gasteiger partial charge in [-0.05, 0) is 74.7 Å². The molecule has 1 amide bonds. The Labute approximate surface area is 233 Å². The molecule has 5 rings (SSSR count). The molecule has 3 aromatic carbocycles. The number of amides is 1. The van der Waals surface area contributed by atoms with Crippen molar-refractivity contribution in [3.05, 3.63) is 107 Å². The Morgan fingerprint density at radius 1 is 1.03 bits per heavy atom. The van der Waals surface area contributed by atoms with Crippen molar-refractivity contribution in [3.63, 3.8) is 0 Å². The van der Waals surface area contributed by atoms with Crippen LogP contribution in [0.4, 0.5) is 0 Å². The normalized spacial score (nSPS) is 14.6. The molecular weight excluding hydrogens is 510 g/mol. The monoisotopic (exact) mass is 539 g/mol. The minimum Gasteiger partial charge on any atom is -0.491 e. The molecule has 0 atom stereocenters. The van der Waals surface area contributed by atoms with Crippen LogP contribution in [0, 0.1) is 6.92 Å². The van der Waals surface area contributed by atoms with Gasteiger partial charge in [-0.2, -0.15) is 5.10 Å². The Bertz CT molecular complexity index is 1490. The van der Waals surface area contributed by atoms with Crippen molar-refractivity contribution in [2.24, 2.45) is 0 Å². The highest BCUT2D eigenvalue weighted by Crippen LogP contribution is 2.36. The van der Waals surface area contributed by atoms with E-state index in [4.69, 9.17) is 22.1 Å². The molecule has 1 saturated heterocycles. The number of hydrogen-bond acceptors (Lipinski definition) is 5. The highest BCUT2D eigenvalue weighted by atomic mass is 32.2. The standard InChI is InChI=1S/C31H29N3O2S2/c1-21(2)36-26-14-15-27(22(3)18-26)29-24(20-34(32-29)25-12-8-5-9-13-25)19-28-30(35)33(31(37)38-28)17-16-23-10-6-4-7-11-23/h4-15,18-21H,16-17H2,1-3H3/b28-19-. The van der Waals surface area contributed by atoms with Crippen molar-refractivity contribution in [2.75, 3.05) is 6.54 Å². The van der Waals surface area contributed by atoms with Gasteiger partial charge in [0, 0.05) is 23.9 Å². The lowest BCUT2D eigenvalue weighted by Crippen LogP contribution is -2.30. The summed E-state index contributed by atoms with van der Waals surface area (Å²) in [5.41, 5.74) is 5.82. The summed E-state index contributed by atoms with van der Waals surface area (Å²) in [6.45, 7) is 6.63. The van der Waals surface area contributed by atoms with Crippen molar-refractivity contribution < 1.29 is 9.53 Å². The van der Waals surface area contributed by atoms with E-state index >= 15 is 0 Å². The number of carbonyl (C=O) groups excluding carboxylic acids is 1. The topological polar surface area (TPSA) is 47.4 Å². The molecule has 0 N–H and O–H groups in total. The maximum Gasteiger partial charge on any atom is 0.266 e. The number of ether oxygens (including phenoxy) is 1. The molecule has 5 nitrogen and oxygen atoms in total. The molecule has 0 saturated carbocycles. The second kappa shape index (κ2) is 11.4. The van der Waals surface area contributed by atoms with Crippen LogP contribution in [0.15, 0.2) is 90.0 Å². The number of benzene rings is 3. The van der Waals surface area contributed by atoms with Crippen LogP contribution in [0.1, 0.15) is 30.5 Å². The Kier molecular flexibility index (Phi) is 7.77. The molecule has 2 heterocycles. The molecule has 1 aliphatic rings. The lowest BCUT2D eigenvalue weighted by molar-refractivity contribution is -0.122. The predicted octanol–water partition coefficient (Wildman–Crippen LogP) is 7.08. The fourth-order valence-electron chi connectivity index (χ4n) is 4.38. The number of thiocarbonyl (C=S) groups is 1. The van der Waals surface area contributed by atoms with E-state index in [0.29, 0.717) is 15.8 Å². The Morgan fingerprint density at radius 3 is 2.42 bits per heavy atom. The summed E-state index contributed by atoms with van der Waals surface area (Å²) in [4.78, 5) is 15.7. The third-order valence-electron chi connectivity index (χ3n) is 6.22. The van der Waals surface area contributed by atoms with Gasteiger partial charge >= 0.3 is 0 Å². The zero-order valence-electron chi connectivity index (χ0n) is 21.6. The van der Waals surface area contributed by atoms with Crippen molar-refractivity contribution in [1.29, 1.82) is 0 Å². The number of aromatic nitrogens is 2. The predicted molar refractivity (Wildman–Crippen MR) is 160 cm³/mol. The van der Waals surface area contributed by atoms with E-state index in [0.717, 1.165) is 40.2 Å². The maximum absolute atomic E-state index is 13.4. The van der Waals surface area contributed by atoms with E-state index in [1.54, 1.807) is 4.90 Å². The van der Waals surface area contributed by atoms with Gasteiger partial charge in [0.1, 0.15) is 15.8 Å². The van der Waals surface area contributed by atoms with E-state index < -0.39 is 0 Å². The van der Waals surface area contributed by atoms with Crippen LogP contribution in [-0.2, 0) is 11.2 Å². The van der Waals surface area contributed by atoms with Crippen LogP contribution in [0.25, 0.3) is 23.0 Å². The Hall–Kier alpha value is -3.68. The second-order valence-corrected chi connectivity index (χ2v) is 11.1. The van der Waals surface area contributed by atoms with Gasteiger partial charge in [-0.1, -0.05) is 72.5 Å². The molecule has 0 bridgehead atoms. The summed E-state index contributed by atoms with van der Waals surface area (Å²) in [6, 6.07) is 26.1. The summed E-state index contributed by atoms with van der Waals surface area (Å²) in [7, 11) is 0. The van der Waals surface area contributed by atoms with Gasteiger partial charge in [0.2, 0.25) is 0 Å².